The summed E-state index contributed by atoms with van der Waals surface area (Å²) in [6.45, 7) is 1.64. The van der Waals surface area contributed by atoms with Crippen LogP contribution >= 0.6 is 0 Å². The highest BCUT2D eigenvalue weighted by molar-refractivity contribution is 6.24. The number of aliphatic hydroxyl groups excluding tert-OH is 1. The summed E-state index contributed by atoms with van der Waals surface area (Å²) in [5.74, 6) is -1.38. The zero-order chi connectivity index (χ0) is 22.0. The zero-order valence-electron chi connectivity index (χ0n) is 17.6. The standard InChI is InChI=1S/C25H27FN2O3/c1-25(15-16-7-11-19(26)12-8-16)22(29)21(24(31)28-25)23(30)27-20-13-9-18(10-14-20)17-5-3-2-4-6-17/h7-14,17,29H,2-6,15H2,1H3,(H,27,30)(H,28,31). The first-order chi connectivity index (χ1) is 14.9. The first kappa shape index (κ1) is 21.1. The summed E-state index contributed by atoms with van der Waals surface area (Å²) in [6, 6.07) is 13.5. The highest BCUT2D eigenvalue weighted by atomic mass is 19.1. The third-order valence-electron chi connectivity index (χ3n) is 6.32. The summed E-state index contributed by atoms with van der Waals surface area (Å²) in [5.41, 5.74) is 1.15. The molecule has 6 heteroatoms. The molecule has 4 rings (SSSR count). The fourth-order valence-corrected chi connectivity index (χ4v) is 4.57. The van der Waals surface area contributed by atoms with Gasteiger partial charge in [0.1, 0.15) is 17.1 Å². The molecule has 0 bridgehead atoms. The van der Waals surface area contributed by atoms with Crippen molar-refractivity contribution < 1.29 is 19.1 Å². The maximum atomic E-state index is 13.2. The van der Waals surface area contributed by atoms with Gasteiger partial charge in [-0.2, -0.15) is 0 Å². The summed E-state index contributed by atoms with van der Waals surface area (Å²) in [7, 11) is 0. The number of carbonyl (C=O) groups is 2. The minimum absolute atomic E-state index is 0.234. The van der Waals surface area contributed by atoms with Crippen LogP contribution in [0.15, 0.2) is 59.9 Å². The third-order valence-corrected chi connectivity index (χ3v) is 6.32. The van der Waals surface area contributed by atoms with E-state index in [2.05, 4.69) is 10.6 Å². The van der Waals surface area contributed by atoms with Crippen molar-refractivity contribution in [2.75, 3.05) is 5.32 Å². The highest BCUT2D eigenvalue weighted by Crippen LogP contribution is 2.33. The SMILES string of the molecule is CC1(Cc2ccc(F)cc2)NC(=O)C(C(=O)Nc2ccc(C3CCCCC3)cc2)=C1O. The summed E-state index contributed by atoms with van der Waals surface area (Å²) in [6.07, 6.45) is 6.42. The predicted molar refractivity (Wildman–Crippen MR) is 117 cm³/mol. The van der Waals surface area contributed by atoms with E-state index in [0.29, 0.717) is 11.6 Å². The maximum absolute atomic E-state index is 13.2. The molecular formula is C25H27FN2O3. The maximum Gasteiger partial charge on any atom is 0.264 e. The van der Waals surface area contributed by atoms with Crippen molar-refractivity contribution in [1.29, 1.82) is 0 Å². The molecule has 2 aromatic rings. The molecule has 1 atom stereocenters. The Morgan fingerprint density at radius 3 is 2.39 bits per heavy atom. The van der Waals surface area contributed by atoms with E-state index in [9.17, 15) is 19.1 Å². The number of amides is 2. The minimum Gasteiger partial charge on any atom is -0.509 e. The van der Waals surface area contributed by atoms with Crippen LogP contribution in [0.25, 0.3) is 0 Å². The van der Waals surface area contributed by atoms with Gasteiger partial charge in [-0.05, 0) is 61.1 Å². The Bertz CT molecular complexity index is 1010. The van der Waals surface area contributed by atoms with Gasteiger partial charge >= 0.3 is 0 Å². The minimum atomic E-state index is -1.13. The van der Waals surface area contributed by atoms with Crippen molar-refractivity contribution in [3.8, 4) is 0 Å². The molecule has 1 aliphatic carbocycles. The lowest BCUT2D eigenvalue weighted by molar-refractivity contribution is -0.121. The second-order valence-corrected chi connectivity index (χ2v) is 8.72. The summed E-state index contributed by atoms with van der Waals surface area (Å²) >= 11 is 0. The van der Waals surface area contributed by atoms with E-state index >= 15 is 0 Å². The number of rotatable bonds is 5. The lowest BCUT2D eigenvalue weighted by Gasteiger charge is -2.24. The van der Waals surface area contributed by atoms with Gasteiger partial charge in [0.2, 0.25) is 0 Å². The largest absolute Gasteiger partial charge is 0.509 e. The first-order valence-corrected chi connectivity index (χ1v) is 10.8. The van der Waals surface area contributed by atoms with Gasteiger partial charge in [0.25, 0.3) is 11.8 Å². The molecule has 0 spiro atoms. The molecule has 0 saturated heterocycles. The lowest BCUT2D eigenvalue weighted by atomic mass is 9.84. The lowest BCUT2D eigenvalue weighted by Crippen LogP contribution is -2.43. The van der Waals surface area contributed by atoms with E-state index in [1.807, 2.05) is 24.3 Å². The number of hydrogen-bond donors (Lipinski definition) is 3. The quantitative estimate of drug-likeness (QED) is 0.608. The monoisotopic (exact) mass is 422 g/mol. The van der Waals surface area contributed by atoms with Crippen LogP contribution in [0.1, 0.15) is 56.1 Å². The molecule has 1 fully saturated rings. The van der Waals surface area contributed by atoms with Crippen LogP contribution in [-0.4, -0.2) is 22.5 Å². The van der Waals surface area contributed by atoms with Crippen molar-refractivity contribution in [3.05, 3.63) is 76.8 Å². The van der Waals surface area contributed by atoms with Crippen molar-refractivity contribution in [3.63, 3.8) is 0 Å². The van der Waals surface area contributed by atoms with Crippen molar-refractivity contribution >= 4 is 17.5 Å². The second kappa shape index (κ2) is 8.53. The third kappa shape index (κ3) is 4.48. The molecule has 2 aromatic carbocycles. The molecule has 3 N–H and O–H groups in total. The van der Waals surface area contributed by atoms with Gasteiger partial charge in [0, 0.05) is 12.1 Å². The van der Waals surface area contributed by atoms with Crippen LogP contribution in [0.5, 0.6) is 0 Å². The van der Waals surface area contributed by atoms with E-state index in [4.69, 9.17) is 0 Å². The van der Waals surface area contributed by atoms with Crippen LogP contribution in [0, 0.1) is 5.82 Å². The normalized spacial score (nSPS) is 21.8. The number of aliphatic hydroxyl groups is 1. The summed E-state index contributed by atoms with van der Waals surface area (Å²) < 4.78 is 13.2. The highest BCUT2D eigenvalue weighted by Gasteiger charge is 2.44. The van der Waals surface area contributed by atoms with Gasteiger partial charge in [-0.15, -0.1) is 0 Å². The van der Waals surface area contributed by atoms with E-state index in [-0.39, 0.29) is 23.6 Å². The van der Waals surface area contributed by atoms with Crippen molar-refractivity contribution in [1.82, 2.24) is 5.32 Å². The van der Waals surface area contributed by atoms with Gasteiger partial charge in [0.05, 0.1) is 5.54 Å². The molecule has 2 amide bonds. The number of anilines is 1. The van der Waals surface area contributed by atoms with Gasteiger partial charge < -0.3 is 15.7 Å². The molecule has 1 heterocycles. The van der Waals surface area contributed by atoms with Crippen LogP contribution < -0.4 is 10.6 Å². The molecule has 1 unspecified atom stereocenters. The molecule has 0 aromatic heterocycles. The van der Waals surface area contributed by atoms with Crippen molar-refractivity contribution in [2.45, 2.75) is 56.9 Å². The average Bonchev–Trinajstić information content (AvgIpc) is 2.99. The van der Waals surface area contributed by atoms with E-state index < -0.39 is 17.4 Å². The van der Waals surface area contributed by atoms with Crippen LogP contribution in [0.2, 0.25) is 0 Å². The van der Waals surface area contributed by atoms with E-state index in [1.165, 1.54) is 49.8 Å². The Kier molecular flexibility index (Phi) is 5.81. The van der Waals surface area contributed by atoms with Crippen molar-refractivity contribution in [2.24, 2.45) is 0 Å². The Hall–Kier alpha value is -3.15. The zero-order valence-corrected chi connectivity index (χ0v) is 17.6. The predicted octanol–water partition coefficient (Wildman–Crippen LogP) is 4.76. The molecule has 5 nitrogen and oxygen atoms in total. The molecule has 162 valence electrons. The second-order valence-electron chi connectivity index (χ2n) is 8.72. The molecule has 0 radical (unpaired) electrons. The van der Waals surface area contributed by atoms with Crippen LogP contribution in [0.4, 0.5) is 10.1 Å². The molecule has 2 aliphatic rings. The molecule has 1 aliphatic heterocycles. The fraction of sp³-hybridized carbons (Fsp3) is 0.360. The van der Waals surface area contributed by atoms with E-state index in [0.717, 1.165) is 5.56 Å². The smallest absolute Gasteiger partial charge is 0.264 e. The Morgan fingerprint density at radius 2 is 1.74 bits per heavy atom. The molecule has 1 saturated carbocycles. The summed E-state index contributed by atoms with van der Waals surface area (Å²) in [4.78, 5) is 25.3. The van der Waals surface area contributed by atoms with Crippen LogP contribution in [0.3, 0.4) is 0 Å². The summed E-state index contributed by atoms with van der Waals surface area (Å²) in [5, 5.41) is 16.1. The van der Waals surface area contributed by atoms with E-state index in [1.54, 1.807) is 19.1 Å². The molecular weight excluding hydrogens is 395 g/mol. The Morgan fingerprint density at radius 1 is 1.10 bits per heavy atom. The first-order valence-electron chi connectivity index (χ1n) is 10.8. The number of nitrogens with one attached hydrogen (secondary N) is 2. The number of carbonyl (C=O) groups excluding carboxylic acids is 2. The van der Waals surface area contributed by atoms with Gasteiger partial charge in [0.15, 0.2) is 0 Å². The van der Waals surface area contributed by atoms with Crippen LogP contribution in [-0.2, 0) is 16.0 Å². The number of halogens is 1. The van der Waals surface area contributed by atoms with Gasteiger partial charge in [-0.1, -0.05) is 43.5 Å². The topological polar surface area (TPSA) is 78.4 Å². The average molecular weight is 423 g/mol. The van der Waals surface area contributed by atoms with Gasteiger partial charge in [-0.25, -0.2) is 4.39 Å². The number of hydrogen-bond acceptors (Lipinski definition) is 3. The Labute approximate surface area is 181 Å². The number of benzene rings is 2. The fourth-order valence-electron chi connectivity index (χ4n) is 4.57. The molecule has 31 heavy (non-hydrogen) atoms. The van der Waals surface area contributed by atoms with Gasteiger partial charge in [-0.3, -0.25) is 9.59 Å². The Balaban J connectivity index is 1.47.